The van der Waals surface area contributed by atoms with Crippen molar-refractivity contribution < 1.29 is 12.8 Å². The molecule has 0 fully saturated rings. The Labute approximate surface area is 131 Å². The molecule has 0 atom stereocenters. The zero-order chi connectivity index (χ0) is 15.6. The predicted molar refractivity (Wildman–Crippen MR) is 85.2 cm³/mol. The molecule has 0 radical (unpaired) electrons. The van der Waals surface area contributed by atoms with Crippen LogP contribution in [0, 0.1) is 5.82 Å². The molecule has 0 spiro atoms. The van der Waals surface area contributed by atoms with E-state index in [-0.39, 0.29) is 11.4 Å². The smallest absolute Gasteiger partial charge is 0.265 e. The average molecular weight is 373 g/mol. The molecule has 0 heterocycles. The number of rotatable bonds is 4. The molecule has 2 rings (SSSR count). The summed E-state index contributed by atoms with van der Waals surface area (Å²) in [5.74, 6) is -0.419. The van der Waals surface area contributed by atoms with Crippen molar-refractivity contribution in [1.82, 2.24) is 0 Å². The topological polar surface area (TPSA) is 63.4 Å². The van der Waals surface area contributed by atoms with E-state index in [1.165, 1.54) is 34.6 Å². The number of halogens is 2. The normalized spacial score (nSPS) is 11.4. The SMILES string of the molecule is CCN(c1ccc(F)cc1)S(=O)(=O)c1cc(N)ccc1Br. The molecule has 2 aromatic rings. The van der Waals surface area contributed by atoms with E-state index in [2.05, 4.69) is 15.9 Å². The summed E-state index contributed by atoms with van der Waals surface area (Å²) >= 11 is 3.23. The van der Waals surface area contributed by atoms with Crippen LogP contribution >= 0.6 is 15.9 Å². The third-order valence-corrected chi connectivity index (χ3v) is 5.82. The monoisotopic (exact) mass is 372 g/mol. The minimum absolute atomic E-state index is 0.0775. The summed E-state index contributed by atoms with van der Waals surface area (Å²) in [6.45, 7) is 1.93. The van der Waals surface area contributed by atoms with Crippen molar-refractivity contribution in [1.29, 1.82) is 0 Å². The van der Waals surface area contributed by atoms with Crippen LogP contribution in [0.3, 0.4) is 0 Å². The Balaban J connectivity index is 2.54. The molecule has 0 bridgehead atoms. The summed E-state index contributed by atoms with van der Waals surface area (Å²) in [5, 5.41) is 0. The highest BCUT2D eigenvalue weighted by Gasteiger charge is 2.26. The Hall–Kier alpha value is -1.60. The third-order valence-electron chi connectivity index (χ3n) is 2.93. The number of anilines is 2. The van der Waals surface area contributed by atoms with Crippen LogP contribution in [-0.2, 0) is 10.0 Å². The molecule has 0 saturated carbocycles. The molecular weight excluding hydrogens is 359 g/mol. The summed E-state index contributed by atoms with van der Waals surface area (Å²) in [6.07, 6.45) is 0. The van der Waals surface area contributed by atoms with Crippen LogP contribution in [-0.4, -0.2) is 15.0 Å². The number of sulfonamides is 1. The van der Waals surface area contributed by atoms with Crippen LogP contribution in [0.15, 0.2) is 51.8 Å². The highest BCUT2D eigenvalue weighted by Crippen LogP contribution is 2.30. The second kappa shape index (κ2) is 6.03. The van der Waals surface area contributed by atoms with Gasteiger partial charge < -0.3 is 5.73 Å². The summed E-state index contributed by atoms with van der Waals surface area (Å²) in [5.41, 5.74) is 6.42. The number of hydrogen-bond acceptors (Lipinski definition) is 3. The maximum Gasteiger partial charge on any atom is 0.265 e. The maximum atomic E-state index is 13.0. The molecule has 0 aliphatic heterocycles. The van der Waals surface area contributed by atoms with Gasteiger partial charge in [0, 0.05) is 16.7 Å². The van der Waals surface area contributed by atoms with Crippen LogP contribution in [0.5, 0.6) is 0 Å². The van der Waals surface area contributed by atoms with Gasteiger partial charge in [-0.3, -0.25) is 4.31 Å². The van der Waals surface area contributed by atoms with Gasteiger partial charge in [0.1, 0.15) is 10.7 Å². The predicted octanol–water partition coefficient (Wildman–Crippen LogP) is 3.39. The molecule has 2 N–H and O–H groups in total. The van der Waals surface area contributed by atoms with Gasteiger partial charge in [0.15, 0.2) is 0 Å². The van der Waals surface area contributed by atoms with Gasteiger partial charge in [-0.15, -0.1) is 0 Å². The molecule has 0 aromatic heterocycles. The van der Waals surface area contributed by atoms with E-state index in [9.17, 15) is 12.8 Å². The van der Waals surface area contributed by atoms with Crippen LogP contribution in [0.4, 0.5) is 15.8 Å². The van der Waals surface area contributed by atoms with Crippen molar-refractivity contribution >= 4 is 37.3 Å². The van der Waals surface area contributed by atoms with E-state index >= 15 is 0 Å². The molecule has 112 valence electrons. The first-order chi connectivity index (χ1) is 9.86. The van der Waals surface area contributed by atoms with Crippen LogP contribution in [0.1, 0.15) is 6.92 Å². The fourth-order valence-electron chi connectivity index (χ4n) is 1.94. The first-order valence-corrected chi connectivity index (χ1v) is 8.43. The van der Waals surface area contributed by atoms with Crippen LogP contribution in [0.25, 0.3) is 0 Å². The van der Waals surface area contributed by atoms with E-state index in [0.29, 0.717) is 15.8 Å². The molecule has 2 aromatic carbocycles. The zero-order valence-electron chi connectivity index (χ0n) is 11.3. The van der Waals surface area contributed by atoms with Gasteiger partial charge >= 0.3 is 0 Å². The first-order valence-electron chi connectivity index (χ1n) is 6.19. The third kappa shape index (κ3) is 3.19. The second-order valence-electron chi connectivity index (χ2n) is 4.34. The number of nitrogens with zero attached hydrogens (tertiary/aromatic N) is 1. The number of nitrogens with two attached hydrogens (primary N) is 1. The van der Waals surface area contributed by atoms with Crippen molar-refractivity contribution in [3.05, 3.63) is 52.8 Å². The van der Waals surface area contributed by atoms with E-state index in [0.717, 1.165) is 0 Å². The molecule has 0 aliphatic carbocycles. The number of nitrogen functional groups attached to an aromatic ring is 1. The van der Waals surface area contributed by atoms with E-state index < -0.39 is 15.8 Å². The lowest BCUT2D eigenvalue weighted by Crippen LogP contribution is -2.31. The van der Waals surface area contributed by atoms with Crippen molar-refractivity contribution in [2.45, 2.75) is 11.8 Å². The maximum absolute atomic E-state index is 13.0. The Bertz CT molecular complexity index is 748. The molecular formula is C14H14BrFN2O2S. The fourth-order valence-corrected chi connectivity index (χ4v) is 4.37. The Morgan fingerprint density at radius 2 is 1.81 bits per heavy atom. The van der Waals surface area contributed by atoms with Gasteiger partial charge in [-0.1, -0.05) is 0 Å². The van der Waals surface area contributed by atoms with Crippen molar-refractivity contribution in [2.24, 2.45) is 0 Å². The van der Waals surface area contributed by atoms with Gasteiger partial charge in [0.2, 0.25) is 0 Å². The molecule has 0 unspecified atom stereocenters. The van der Waals surface area contributed by atoms with E-state index in [4.69, 9.17) is 5.73 Å². The lowest BCUT2D eigenvalue weighted by atomic mass is 10.3. The second-order valence-corrected chi connectivity index (χ2v) is 7.02. The highest BCUT2D eigenvalue weighted by molar-refractivity contribution is 9.10. The number of benzene rings is 2. The Kier molecular flexibility index (Phi) is 4.53. The molecule has 4 nitrogen and oxygen atoms in total. The van der Waals surface area contributed by atoms with Crippen LogP contribution < -0.4 is 10.0 Å². The standard InChI is InChI=1S/C14H14BrFN2O2S/c1-2-18(12-6-3-10(16)4-7-12)21(19,20)14-9-11(17)5-8-13(14)15/h3-9H,2,17H2,1H3. The lowest BCUT2D eigenvalue weighted by Gasteiger charge is -2.23. The number of hydrogen-bond donors (Lipinski definition) is 1. The minimum Gasteiger partial charge on any atom is -0.399 e. The van der Waals surface area contributed by atoms with E-state index in [1.807, 2.05) is 0 Å². The van der Waals surface area contributed by atoms with Gasteiger partial charge in [-0.25, -0.2) is 12.8 Å². The highest BCUT2D eigenvalue weighted by atomic mass is 79.9. The lowest BCUT2D eigenvalue weighted by molar-refractivity contribution is 0.591. The van der Waals surface area contributed by atoms with Gasteiger partial charge in [-0.05, 0) is 65.3 Å². The zero-order valence-corrected chi connectivity index (χ0v) is 13.7. The van der Waals surface area contributed by atoms with Crippen LogP contribution in [0.2, 0.25) is 0 Å². The first kappa shape index (κ1) is 15.8. The van der Waals surface area contributed by atoms with Gasteiger partial charge in [-0.2, -0.15) is 0 Å². The minimum atomic E-state index is -3.79. The van der Waals surface area contributed by atoms with Crippen molar-refractivity contribution in [3.8, 4) is 0 Å². The van der Waals surface area contributed by atoms with Crippen molar-refractivity contribution in [2.75, 3.05) is 16.6 Å². The fraction of sp³-hybridized carbons (Fsp3) is 0.143. The quantitative estimate of drug-likeness (QED) is 0.836. The summed E-state index contributed by atoms with van der Waals surface area (Å²) in [6, 6.07) is 9.89. The Morgan fingerprint density at radius 3 is 2.38 bits per heavy atom. The average Bonchev–Trinajstić information content (AvgIpc) is 2.44. The molecule has 7 heteroatoms. The molecule has 0 aliphatic rings. The largest absolute Gasteiger partial charge is 0.399 e. The Morgan fingerprint density at radius 1 is 1.19 bits per heavy atom. The molecule has 0 saturated heterocycles. The molecule has 21 heavy (non-hydrogen) atoms. The summed E-state index contributed by atoms with van der Waals surface area (Å²) < 4.78 is 40.2. The van der Waals surface area contributed by atoms with Crippen molar-refractivity contribution in [3.63, 3.8) is 0 Å². The van der Waals surface area contributed by atoms with Gasteiger partial charge in [0.25, 0.3) is 10.0 Å². The summed E-state index contributed by atoms with van der Waals surface area (Å²) in [4.78, 5) is 0.0775. The molecule has 0 amide bonds. The summed E-state index contributed by atoms with van der Waals surface area (Å²) in [7, 11) is -3.79. The van der Waals surface area contributed by atoms with E-state index in [1.54, 1.807) is 19.1 Å². The van der Waals surface area contributed by atoms with Gasteiger partial charge in [0.05, 0.1) is 5.69 Å².